The Morgan fingerprint density at radius 2 is 0.955 bits per heavy atom. The van der Waals surface area contributed by atoms with E-state index in [0.29, 0.717) is 0 Å². The highest BCUT2D eigenvalue weighted by Gasteiger charge is 2.07. The maximum Gasteiger partial charge on any atom is 0.0864 e. The molecule has 4 aromatic heterocycles. The van der Waals surface area contributed by atoms with Crippen molar-refractivity contribution < 1.29 is 0 Å². The molecule has 106 valence electrons. The molecule has 4 nitrogen and oxygen atoms in total. The number of hydrogen-bond donors (Lipinski definition) is 2. The molecule has 0 amide bonds. The van der Waals surface area contributed by atoms with E-state index in [4.69, 9.17) is 0 Å². The van der Waals surface area contributed by atoms with Gasteiger partial charge in [-0.1, -0.05) is 12.1 Å². The van der Waals surface area contributed by atoms with Gasteiger partial charge in [0.25, 0.3) is 0 Å². The normalized spacial score (nSPS) is 10.7. The Morgan fingerprint density at radius 1 is 0.500 bits per heavy atom. The number of pyridine rings is 2. The lowest BCUT2D eigenvalue weighted by molar-refractivity contribution is 1.25. The second-order valence-electron chi connectivity index (χ2n) is 5.00. The van der Waals surface area contributed by atoms with Gasteiger partial charge < -0.3 is 9.97 Å². The third-order valence-electron chi connectivity index (χ3n) is 3.54. The van der Waals surface area contributed by atoms with Crippen LogP contribution in [0.5, 0.6) is 0 Å². The summed E-state index contributed by atoms with van der Waals surface area (Å²) in [5, 5.41) is 0. The zero-order chi connectivity index (χ0) is 14.8. The van der Waals surface area contributed by atoms with E-state index in [-0.39, 0.29) is 0 Å². The van der Waals surface area contributed by atoms with Crippen molar-refractivity contribution in [1.82, 2.24) is 19.9 Å². The number of aromatic nitrogens is 4. The molecule has 0 saturated heterocycles. The first-order valence-corrected chi connectivity index (χ1v) is 7.11. The fourth-order valence-electron chi connectivity index (χ4n) is 2.45. The van der Waals surface area contributed by atoms with E-state index < -0.39 is 0 Å². The average molecular weight is 286 g/mol. The van der Waals surface area contributed by atoms with Crippen LogP contribution in [-0.4, -0.2) is 19.9 Å². The van der Waals surface area contributed by atoms with Crippen molar-refractivity contribution in [2.24, 2.45) is 0 Å². The Bertz CT molecular complexity index is 800. The lowest BCUT2D eigenvalue weighted by Gasteiger charge is -1.98. The van der Waals surface area contributed by atoms with Gasteiger partial charge in [0, 0.05) is 12.4 Å². The zero-order valence-corrected chi connectivity index (χ0v) is 11.8. The van der Waals surface area contributed by atoms with Crippen molar-refractivity contribution in [2.45, 2.75) is 0 Å². The van der Waals surface area contributed by atoms with Crippen LogP contribution in [0.4, 0.5) is 0 Å². The summed E-state index contributed by atoms with van der Waals surface area (Å²) in [6.07, 6.45) is 3.59. The number of nitrogens with zero attached hydrogens (tertiary/aromatic N) is 2. The van der Waals surface area contributed by atoms with E-state index >= 15 is 0 Å². The highest BCUT2D eigenvalue weighted by molar-refractivity contribution is 5.67. The molecule has 0 radical (unpaired) electrons. The van der Waals surface area contributed by atoms with Gasteiger partial charge in [-0.3, -0.25) is 9.97 Å². The Kier molecular flexibility index (Phi) is 3.05. The van der Waals surface area contributed by atoms with Crippen LogP contribution in [0.3, 0.4) is 0 Å². The van der Waals surface area contributed by atoms with Gasteiger partial charge in [-0.25, -0.2) is 0 Å². The van der Waals surface area contributed by atoms with Crippen molar-refractivity contribution in [3.63, 3.8) is 0 Å². The van der Waals surface area contributed by atoms with E-state index in [0.717, 1.165) is 34.2 Å². The van der Waals surface area contributed by atoms with E-state index in [9.17, 15) is 0 Å². The van der Waals surface area contributed by atoms with Gasteiger partial charge in [0.2, 0.25) is 0 Å². The van der Waals surface area contributed by atoms with Crippen molar-refractivity contribution in [1.29, 1.82) is 0 Å². The average Bonchev–Trinajstić information content (AvgIpc) is 3.26. The molecule has 0 atom stereocenters. The molecule has 0 aliphatic carbocycles. The molecule has 22 heavy (non-hydrogen) atoms. The van der Waals surface area contributed by atoms with Crippen LogP contribution in [0, 0.1) is 0 Å². The smallest absolute Gasteiger partial charge is 0.0864 e. The van der Waals surface area contributed by atoms with Gasteiger partial charge in [0.05, 0.1) is 34.2 Å². The molecule has 4 aromatic rings. The number of hydrogen-bond acceptors (Lipinski definition) is 2. The predicted molar refractivity (Wildman–Crippen MR) is 87.0 cm³/mol. The molecule has 4 rings (SSSR count). The first-order chi connectivity index (χ1) is 10.9. The van der Waals surface area contributed by atoms with Gasteiger partial charge in [-0.05, 0) is 48.5 Å². The Balaban J connectivity index is 1.66. The van der Waals surface area contributed by atoms with Gasteiger partial charge in [0.15, 0.2) is 0 Å². The van der Waals surface area contributed by atoms with Crippen LogP contribution in [-0.2, 0) is 0 Å². The molecule has 4 heteroatoms. The third-order valence-corrected chi connectivity index (χ3v) is 3.54. The van der Waals surface area contributed by atoms with Crippen LogP contribution in [0.15, 0.2) is 73.1 Å². The van der Waals surface area contributed by atoms with Crippen LogP contribution < -0.4 is 0 Å². The second kappa shape index (κ2) is 5.33. The molecule has 0 unspecified atom stereocenters. The lowest BCUT2D eigenvalue weighted by atomic mass is 10.3. The summed E-state index contributed by atoms with van der Waals surface area (Å²) in [5.41, 5.74) is 5.94. The van der Waals surface area contributed by atoms with Gasteiger partial charge in [0.1, 0.15) is 0 Å². The van der Waals surface area contributed by atoms with E-state index in [2.05, 4.69) is 32.1 Å². The number of H-pyrrole nitrogens is 2. The SMILES string of the molecule is c1ccc(-c2ccc(-c3ccc(-c4ccccn4)[nH]3)[nH]2)nc1. The molecular weight excluding hydrogens is 272 g/mol. The second-order valence-corrected chi connectivity index (χ2v) is 5.00. The molecule has 4 heterocycles. The van der Waals surface area contributed by atoms with E-state index in [1.807, 2.05) is 48.5 Å². The quantitative estimate of drug-likeness (QED) is 0.595. The van der Waals surface area contributed by atoms with E-state index in [1.165, 1.54) is 0 Å². The summed E-state index contributed by atoms with van der Waals surface area (Å²) in [6, 6.07) is 20.0. The summed E-state index contributed by atoms with van der Waals surface area (Å²) < 4.78 is 0. The molecule has 0 aliphatic rings. The molecule has 2 N–H and O–H groups in total. The Hall–Kier alpha value is -3.14. The largest absolute Gasteiger partial charge is 0.352 e. The highest BCUT2D eigenvalue weighted by Crippen LogP contribution is 2.25. The van der Waals surface area contributed by atoms with Crippen LogP contribution in [0.1, 0.15) is 0 Å². The summed E-state index contributed by atoms with van der Waals surface area (Å²) >= 11 is 0. The minimum absolute atomic E-state index is 0.935. The van der Waals surface area contributed by atoms with Crippen LogP contribution in [0.2, 0.25) is 0 Å². The van der Waals surface area contributed by atoms with Crippen molar-refractivity contribution in [2.75, 3.05) is 0 Å². The van der Waals surface area contributed by atoms with Crippen LogP contribution in [0.25, 0.3) is 34.2 Å². The Labute approximate surface area is 127 Å². The fourth-order valence-corrected chi connectivity index (χ4v) is 2.45. The molecular formula is C18H14N4. The lowest BCUT2D eigenvalue weighted by Crippen LogP contribution is -1.84. The number of rotatable bonds is 3. The maximum atomic E-state index is 4.36. The first kappa shape index (κ1) is 12.6. The minimum Gasteiger partial charge on any atom is -0.352 e. The van der Waals surface area contributed by atoms with E-state index in [1.54, 1.807) is 12.4 Å². The van der Waals surface area contributed by atoms with Crippen molar-refractivity contribution >= 4 is 0 Å². The summed E-state index contributed by atoms with van der Waals surface area (Å²) in [4.78, 5) is 15.5. The first-order valence-electron chi connectivity index (χ1n) is 7.11. The number of aromatic amines is 2. The molecule has 0 aromatic carbocycles. The van der Waals surface area contributed by atoms with Gasteiger partial charge in [-0.2, -0.15) is 0 Å². The summed E-state index contributed by atoms with van der Waals surface area (Å²) in [5.74, 6) is 0. The van der Waals surface area contributed by atoms with Crippen molar-refractivity contribution in [3.8, 4) is 34.2 Å². The van der Waals surface area contributed by atoms with Gasteiger partial charge >= 0.3 is 0 Å². The van der Waals surface area contributed by atoms with Crippen LogP contribution >= 0.6 is 0 Å². The molecule has 0 fully saturated rings. The zero-order valence-electron chi connectivity index (χ0n) is 11.8. The molecule has 0 saturated carbocycles. The topological polar surface area (TPSA) is 57.4 Å². The summed E-state index contributed by atoms with van der Waals surface area (Å²) in [6.45, 7) is 0. The highest BCUT2D eigenvalue weighted by atomic mass is 14.8. The predicted octanol–water partition coefficient (Wildman–Crippen LogP) is 4.13. The molecule has 0 spiro atoms. The number of nitrogens with one attached hydrogen (secondary N) is 2. The standard InChI is InChI=1S/C18H14N4/c1-3-11-19-13(5-1)15-7-9-17(21-15)18-10-8-16(22-18)14-6-2-4-12-20-14/h1-12,21-22H. The molecule has 0 aliphatic heterocycles. The summed E-state index contributed by atoms with van der Waals surface area (Å²) in [7, 11) is 0. The monoisotopic (exact) mass is 286 g/mol. The molecule has 0 bridgehead atoms. The minimum atomic E-state index is 0.935. The van der Waals surface area contributed by atoms with Gasteiger partial charge in [-0.15, -0.1) is 0 Å². The fraction of sp³-hybridized carbons (Fsp3) is 0. The maximum absolute atomic E-state index is 4.36. The third kappa shape index (κ3) is 2.31. The Morgan fingerprint density at radius 3 is 1.36 bits per heavy atom. The van der Waals surface area contributed by atoms with Crippen molar-refractivity contribution in [3.05, 3.63) is 73.1 Å².